The van der Waals surface area contributed by atoms with E-state index in [9.17, 15) is 37.6 Å². The van der Waals surface area contributed by atoms with Gasteiger partial charge in [0.2, 0.25) is 0 Å². The van der Waals surface area contributed by atoms with Crippen LogP contribution in [0.25, 0.3) is 0 Å². The third kappa shape index (κ3) is 10.5. The number of benzene rings is 2. The van der Waals surface area contributed by atoms with E-state index in [-0.39, 0.29) is 73.7 Å². The van der Waals surface area contributed by atoms with Crippen molar-refractivity contribution >= 4 is 18.3 Å². The van der Waals surface area contributed by atoms with E-state index in [1.54, 1.807) is 6.92 Å². The van der Waals surface area contributed by atoms with Crippen LogP contribution < -0.4 is 9.47 Å². The Hall–Kier alpha value is -5.07. The normalized spacial score (nSPS) is 24.0. The van der Waals surface area contributed by atoms with E-state index >= 15 is 0 Å². The summed E-state index contributed by atoms with van der Waals surface area (Å²) in [5, 5.41) is 44.7. The molecule has 0 bridgehead atoms. The van der Waals surface area contributed by atoms with Crippen LogP contribution in [0.4, 0.5) is 0 Å². The fourth-order valence-electron chi connectivity index (χ4n) is 9.05. The quantitative estimate of drug-likeness (QED) is 0.0791. The van der Waals surface area contributed by atoms with Crippen LogP contribution in [0.15, 0.2) is 58.7 Å². The summed E-state index contributed by atoms with van der Waals surface area (Å²) in [5.41, 5.74) is 4.89. The zero-order valence-electron chi connectivity index (χ0n) is 40.3. The first-order valence-corrected chi connectivity index (χ1v) is 22.4. The number of carbonyl (C=O) groups is 3. The summed E-state index contributed by atoms with van der Waals surface area (Å²) >= 11 is 0. The average molecular weight is 871 g/mol. The van der Waals surface area contributed by atoms with Gasteiger partial charge in [-0.05, 0) is 125 Å². The highest BCUT2D eigenvalue weighted by atomic mass is 16.5. The summed E-state index contributed by atoms with van der Waals surface area (Å²) < 4.78 is 36.8. The summed E-state index contributed by atoms with van der Waals surface area (Å²) in [6.45, 7) is 15.9. The second-order valence-electron chi connectivity index (χ2n) is 18.7. The number of amides is 2. The SMILES string of the molecule is [2H]C([2H])(CCN1Cc2c(cc(O)c3c2O[C@@](C)(CC/C=C(\C)CCC=C(C)C)[C@@H](O)C3)C1=O)[C@@H](OC=O)N1Cc2c(cc(O)c3c2O[C@@](C)(CC/C=C(\C)CCC=C(C)C)[C@@H](O)C3)C1=O. The number of allylic oxidation sites excluding steroid dienone is 8. The molecule has 342 valence electrons. The van der Waals surface area contributed by atoms with Crippen LogP contribution in [0.5, 0.6) is 23.0 Å². The van der Waals surface area contributed by atoms with Gasteiger partial charge < -0.3 is 39.5 Å². The Morgan fingerprint density at radius 2 is 1.24 bits per heavy atom. The number of phenols is 2. The second kappa shape index (κ2) is 19.8. The van der Waals surface area contributed by atoms with E-state index in [0.29, 0.717) is 53.7 Å². The molecule has 63 heavy (non-hydrogen) atoms. The summed E-state index contributed by atoms with van der Waals surface area (Å²) in [6, 6.07) is 2.66. The fourth-order valence-corrected chi connectivity index (χ4v) is 9.05. The van der Waals surface area contributed by atoms with Crippen molar-refractivity contribution in [1.29, 1.82) is 0 Å². The lowest BCUT2D eigenvalue weighted by atomic mass is 9.84. The van der Waals surface area contributed by atoms with Crippen LogP contribution in [0.2, 0.25) is 0 Å². The van der Waals surface area contributed by atoms with Crippen molar-refractivity contribution < 1.29 is 51.8 Å². The number of rotatable bonds is 19. The van der Waals surface area contributed by atoms with Crippen molar-refractivity contribution in [2.45, 2.75) is 175 Å². The summed E-state index contributed by atoms with van der Waals surface area (Å²) in [6.07, 6.45) is 8.54. The fraction of sp³-hybridized carbons (Fsp3) is 0.549. The molecule has 12 nitrogen and oxygen atoms in total. The van der Waals surface area contributed by atoms with Crippen LogP contribution in [-0.2, 0) is 35.5 Å². The van der Waals surface area contributed by atoms with Gasteiger partial charge in [-0.15, -0.1) is 0 Å². The number of hydrogen-bond acceptors (Lipinski definition) is 10. The smallest absolute Gasteiger partial charge is 0.295 e. The van der Waals surface area contributed by atoms with Gasteiger partial charge in [0.05, 0.1) is 36.4 Å². The summed E-state index contributed by atoms with van der Waals surface area (Å²) in [7, 11) is 0. The Labute approximate surface area is 375 Å². The van der Waals surface area contributed by atoms with Crippen molar-refractivity contribution in [3.63, 3.8) is 0 Å². The van der Waals surface area contributed by atoms with Gasteiger partial charge in [0, 0.05) is 50.8 Å². The first-order chi connectivity index (χ1) is 30.6. The topological polar surface area (TPSA) is 166 Å². The standard InChI is InChI=1S/C51H68N2O10/c1-31(2)14-9-16-33(5)18-11-21-50(7)43(57)26-37-41(55)24-35-39(46(37)62-50)28-52(48(35)59)23-13-20-45(61-30-54)53-29-40-36(49(53)60)25-42(56)38-27-44(58)51(8,63-47(38)40)22-12-19-34(6)17-10-15-32(3)4/h14-15,18-19,24-25,30,43-45,55-58H,9-13,16-17,20-23,26-29H2,1-8H3/b33-18+,34-19+/t43-,44-,45+,50-,51-/m0/s1/i20D2. The van der Waals surface area contributed by atoms with Crippen LogP contribution in [0.1, 0.15) is 165 Å². The van der Waals surface area contributed by atoms with E-state index < -0.39 is 47.8 Å². The van der Waals surface area contributed by atoms with E-state index in [4.69, 9.17) is 14.2 Å². The molecular weight excluding hydrogens is 801 g/mol. The molecule has 0 spiro atoms. The van der Waals surface area contributed by atoms with Gasteiger partial charge >= 0.3 is 0 Å². The number of aromatic hydroxyl groups is 2. The number of aliphatic hydroxyl groups is 2. The Balaban J connectivity index is 1.15. The molecule has 0 fully saturated rings. The van der Waals surface area contributed by atoms with Gasteiger partial charge in [-0.2, -0.15) is 0 Å². The summed E-state index contributed by atoms with van der Waals surface area (Å²) in [4.78, 5) is 42.4. The number of carbonyl (C=O) groups excluding carboxylic acids is 3. The average Bonchev–Trinajstić information content (AvgIpc) is 3.72. The minimum atomic E-state index is -2.38. The van der Waals surface area contributed by atoms with Crippen molar-refractivity contribution in [1.82, 2.24) is 9.80 Å². The van der Waals surface area contributed by atoms with Gasteiger partial charge in [-0.25, -0.2) is 0 Å². The molecule has 2 aromatic rings. The number of nitrogens with zero attached hydrogens (tertiary/aromatic N) is 2. The monoisotopic (exact) mass is 870 g/mol. The van der Waals surface area contributed by atoms with Crippen LogP contribution in [0, 0.1) is 0 Å². The molecule has 0 radical (unpaired) electrons. The molecule has 4 N–H and O–H groups in total. The first-order valence-electron chi connectivity index (χ1n) is 23.4. The molecule has 0 saturated carbocycles. The molecule has 2 amide bonds. The molecule has 5 atom stereocenters. The van der Waals surface area contributed by atoms with E-state index in [2.05, 4.69) is 65.8 Å². The number of phenolic OH excluding ortho intramolecular Hbond substituents is 2. The van der Waals surface area contributed by atoms with Crippen LogP contribution in [-0.4, -0.2) is 84.7 Å². The third-order valence-corrected chi connectivity index (χ3v) is 13.1. The van der Waals surface area contributed by atoms with Gasteiger partial charge in [0.25, 0.3) is 18.3 Å². The molecular formula is C51H68N2O10. The van der Waals surface area contributed by atoms with Crippen molar-refractivity contribution in [2.75, 3.05) is 6.54 Å². The Bertz CT molecular complexity index is 2290. The van der Waals surface area contributed by atoms with Crippen LogP contribution >= 0.6 is 0 Å². The van der Waals surface area contributed by atoms with Crippen molar-refractivity contribution in [3.05, 3.63) is 92.1 Å². The first kappa shape index (κ1) is 44.5. The molecule has 2 aromatic carbocycles. The molecule has 4 heterocycles. The largest absolute Gasteiger partial charge is 0.508 e. The van der Waals surface area contributed by atoms with Gasteiger partial charge in [-0.1, -0.05) is 46.6 Å². The maximum absolute atomic E-state index is 14.1. The number of ether oxygens (including phenoxy) is 3. The molecule has 12 heteroatoms. The number of hydrogen-bond donors (Lipinski definition) is 4. The molecule has 0 saturated heterocycles. The zero-order valence-corrected chi connectivity index (χ0v) is 38.3. The van der Waals surface area contributed by atoms with E-state index in [1.165, 1.54) is 39.3 Å². The highest BCUT2D eigenvalue weighted by molar-refractivity contribution is 6.01. The highest BCUT2D eigenvalue weighted by Crippen LogP contribution is 2.48. The molecule has 4 aliphatic heterocycles. The number of fused-ring (bicyclic) bond motifs is 6. The molecule has 0 aliphatic carbocycles. The molecule has 0 aromatic heterocycles. The lowest BCUT2D eigenvalue weighted by Gasteiger charge is -2.41. The summed E-state index contributed by atoms with van der Waals surface area (Å²) in [5.74, 6) is -0.940. The Morgan fingerprint density at radius 3 is 1.71 bits per heavy atom. The Morgan fingerprint density at radius 1 is 0.762 bits per heavy atom. The maximum Gasteiger partial charge on any atom is 0.295 e. The highest BCUT2D eigenvalue weighted by Gasteiger charge is 2.46. The molecule has 6 rings (SSSR count). The van der Waals surface area contributed by atoms with Crippen LogP contribution in [0.3, 0.4) is 0 Å². The lowest BCUT2D eigenvalue weighted by molar-refractivity contribution is -0.141. The van der Waals surface area contributed by atoms with Crippen molar-refractivity contribution in [2.24, 2.45) is 0 Å². The zero-order chi connectivity index (χ0) is 47.6. The maximum atomic E-state index is 14.1. The number of aliphatic hydroxyl groups excluding tert-OH is 2. The molecule has 0 unspecified atom stereocenters. The third-order valence-electron chi connectivity index (χ3n) is 13.1. The second-order valence-corrected chi connectivity index (χ2v) is 18.7. The minimum Gasteiger partial charge on any atom is -0.508 e. The van der Waals surface area contributed by atoms with Gasteiger partial charge in [0.15, 0.2) is 6.23 Å². The van der Waals surface area contributed by atoms with Crippen molar-refractivity contribution in [3.8, 4) is 23.0 Å². The lowest BCUT2D eigenvalue weighted by Crippen LogP contribution is -2.49. The Kier molecular flexibility index (Phi) is 14.0. The minimum absolute atomic E-state index is 0.0499. The van der Waals surface area contributed by atoms with E-state index in [0.717, 1.165) is 30.6 Å². The van der Waals surface area contributed by atoms with Gasteiger partial charge in [-0.3, -0.25) is 19.3 Å². The molecule has 4 aliphatic rings. The van der Waals surface area contributed by atoms with Gasteiger partial charge in [0.1, 0.15) is 34.2 Å². The predicted octanol–water partition coefficient (Wildman–Crippen LogP) is 9.04. The predicted molar refractivity (Wildman–Crippen MR) is 242 cm³/mol. The van der Waals surface area contributed by atoms with E-state index in [1.807, 2.05) is 6.92 Å².